The standard InChI is InChI=1S/C10H7BrFNO3/c11-7-2-1-6(5-8(7)12)13-9(14)3-4-10(15)16/h1-5H,(H,13,14)(H,15,16). The molecule has 1 amide bonds. The number of anilines is 1. The predicted molar refractivity (Wildman–Crippen MR) is 59.5 cm³/mol. The highest BCUT2D eigenvalue weighted by molar-refractivity contribution is 9.10. The van der Waals surface area contributed by atoms with Gasteiger partial charge in [0, 0.05) is 17.8 Å². The predicted octanol–water partition coefficient (Wildman–Crippen LogP) is 2.17. The van der Waals surface area contributed by atoms with Crippen molar-refractivity contribution in [3.63, 3.8) is 0 Å². The smallest absolute Gasteiger partial charge is 0.328 e. The summed E-state index contributed by atoms with van der Waals surface area (Å²) in [6, 6.07) is 4.04. The van der Waals surface area contributed by atoms with Gasteiger partial charge in [-0.15, -0.1) is 0 Å². The molecule has 0 atom stereocenters. The van der Waals surface area contributed by atoms with Gasteiger partial charge in [-0.3, -0.25) is 4.79 Å². The van der Waals surface area contributed by atoms with E-state index in [-0.39, 0.29) is 10.2 Å². The molecule has 0 aromatic heterocycles. The van der Waals surface area contributed by atoms with Gasteiger partial charge in [0.1, 0.15) is 5.82 Å². The lowest BCUT2D eigenvalue weighted by atomic mass is 10.3. The molecule has 16 heavy (non-hydrogen) atoms. The monoisotopic (exact) mass is 287 g/mol. The van der Waals surface area contributed by atoms with Crippen LogP contribution in [0.5, 0.6) is 0 Å². The van der Waals surface area contributed by atoms with Gasteiger partial charge in [-0.05, 0) is 34.1 Å². The highest BCUT2D eigenvalue weighted by atomic mass is 79.9. The van der Waals surface area contributed by atoms with Crippen LogP contribution in [0.1, 0.15) is 0 Å². The van der Waals surface area contributed by atoms with E-state index in [9.17, 15) is 14.0 Å². The first kappa shape index (κ1) is 12.4. The third-order valence-corrected chi connectivity index (χ3v) is 2.21. The molecule has 1 aromatic carbocycles. The first-order valence-corrected chi connectivity index (χ1v) is 4.95. The number of carboxylic acid groups (broad SMARTS) is 1. The van der Waals surface area contributed by atoms with Crippen molar-refractivity contribution in [3.8, 4) is 0 Å². The molecular formula is C10H7BrFNO3. The maximum absolute atomic E-state index is 13.0. The summed E-state index contributed by atoms with van der Waals surface area (Å²) in [7, 11) is 0. The minimum Gasteiger partial charge on any atom is -0.478 e. The maximum atomic E-state index is 13.0. The average molecular weight is 288 g/mol. The Morgan fingerprint density at radius 3 is 2.62 bits per heavy atom. The van der Waals surface area contributed by atoms with Crippen LogP contribution < -0.4 is 5.32 Å². The summed E-state index contributed by atoms with van der Waals surface area (Å²) in [4.78, 5) is 21.2. The second-order valence-corrected chi connectivity index (χ2v) is 3.64. The fraction of sp³-hybridized carbons (Fsp3) is 0. The Kier molecular flexibility index (Phi) is 4.19. The molecule has 6 heteroatoms. The Hall–Kier alpha value is -1.69. The molecular weight excluding hydrogens is 281 g/mol. The van der Waals surface area contributed by atoms with E-state index in [2.05, 4.69) is 21.2 Å². The van der Waals surface area contributed by atoms with Gasteiger partial charge >= 0.3 is 5.97 Å². The van der Waals surface area contributed by atoms with E-state index in [1.165, 1.54) is 12.1 Å². The molecule has 1 aromatic rings. The first-order chi connectivity index (χ1) is 7.49. The molecule has 0 spiro atoms. The second-order valence-electron chi connectivity index (χ2n) is 2.79. The summed E-state index contributed by atoms with van der Waals surface area (Å²) >= 11 is 2.97. The van der Waals surface area contributed by atoms with Crippen molar-refractivity contribution in [1.29, 1.82) is 0 Å². The topological polar surface area (TPSA) is 66.4 Å². The molecule has 4 nitrogen and oxygen atoms in total. The molecule has 0 aliphatic carbocycles. The Balaban J connectivity index is 2.70. The van der Waals surface area contributed by atoms with E-state index >= 15 is 0 Å². The quantitative estimate of drug-likeness (QED) is 0.838. The number of amides is 1. The average Bonchev–Trinajstić information content (AvgIpc) is 2.21. The molecule has 0 aliphatic rings. The Labute approximate surface area is 98.9 Å². The summed E-state index contributed by atoms with van der Waals surface area (Å²) in [5.41, 5.74) is 0.251. The lowest BCUT2D eigenvalue weighted by Crippen LogP contribution is -2.08. The summed E-state index contributed by atoms with van der Waals surface area (Å²) in [6.45, 7) is 0. The van der Waals surface area contributed by atoms with Crippen molar-refractivity contribution in [1.82, 2.24) is 0 Å². The lowest BCUT2D eigenvalue weighted by Gasteiger charge is -2.02. The number of rotatable bonds is 3. The molecule has 84 valence electrons. The fourth-order valence-electron chi connectivity index (χ4n) is 0.905. The minimum absolute atomic E-state index is 0.251. The zero-order chi connectivity index (χ0) is 12.1. The van der Waals surface area contributed by atoms with Gasteiger partial charge in [0.2, 0.25) is 5.91 Å². The van der Waals surface area contributed by atoms with Crippen LogP contribution in [0.25, 0.3) is 0 Å². The van der Waals surface area contributed by atoms with E-state index in [1.807, 2.05) is 0 Å². The lowest BCUT2D eigenvalue weighted by molar-refractivity contribution is -0.131. The van der Waals surface area contributed by atoms with Crippen molar-refractivity contribution in [3.05, 3.63) is 40.6 Å². The Morgan fingerprint density at radius 2 is 2.06 bits per heavy atom. The summed E-state index contributed by atoms with van der Waals surface area (Å²) < 4.78 is 13.3. The van der Waals surface area contributed by atoms with Gasteiger partial charge in [0.25, 0.3) is 0 Å². The summed E-state index contributed by atoms with van der Waals surface area (Å²) in [6.07, 6.45) is 1.55. The SMILES string of the molecule is O=C(O)C=CC(=O)Nc1ccc(Br)c(F)c1. The number of halogens is 2. The van der Waals surface area contributed by atoms with Gasteiger partial charge in [-0.2, -0.15) is 0 Å². The molecule has 0 radical (unpaired) electrons. The molecule has 0 saturated heterocycles. The number of hydrogen-bond donors (Lipinski definition) is 2. The zero-order valence-corrected chi connectivity index (χ0v) is 9.49. The number of nitrogens with one attached hydrogen (secondary N) is 1. The first-order valence-electron chi connectivity index (χ1n) is 4.16. The molecule has 0 saturated carbocycles. The molecule has 0 aliphatic heterocycles. The van der Waals surface area contributed by atoms with Gasteiger partial charge < -0.3 is 10.4 Å². The van der Waals surface area contributed by atoms with Gasteiger partial charge in [-0.25, -0.2) is 9.18 Å². The van der Waals surface area contributed by atoms with Crippen molar-refractivity contribution in [2.45, 2.75) is 0 Å². The van der Waals surface area contributed by atoms with Gasteiger partial charge in [0.15, 0.2) is 0 Å². The highest BCUT2D eigenvalue weighted by Gasteiger charge is 2.02. The van der Waals surface area contributed by atoms with Crippen LogP contribution >= 0.6 is 15.9 Å². The number of carboxylic acids is 1. The van der Waals surface area contributed by atoms with Crippen LogP contribution in [0.4, 0.5) is 10.1 Å². The van der Waals surface area contributed by atoms with E-state index in [0.717, 1.165) is 12.1 Å². The Morgan fingerprint density at radius 1 is 1.38 bits per heavy atom. The molecule has 0 heterocycles. The highest BCUT2D eigenvalue weighted by Crippen LogP contribution is 2.19. The largest absolute Gasteiger partial charge is 0.478 e. The van der Waals surface area contributed by atoms with Crippen molar-refractivity contribution in [2.24, 2.45) is 0 Å². The normalized spacial score (nSPS) is 10.4. The number of aliphatic carboxylic acids is 1. The van der Waals surface area contributed by atoms with Crippen LogP contribution in [0.15, 0.2) is 34.8 Å². The van der Waals surface area contributed by atoms with Crippen molar-refractivity contribution >= 4 is 33.5 Å². The molecule has 2 N–H and O–H groups in total. The van der Waals surface area contributed by atoms with E-state index in [0.29, 0.717) is 6.08 Å². The van der Waals surface area contributed by atoms with E-state index in [4.69, 9.17) is 5.11 Å². The van der Waals surface area contributed by atoms with E-state index < -0.39 is 17.7 Å². The number of carbonyl (C=O) groups excluding carboxylic acids is 1. The van der Waals surface area contributed by atoms with Crippen molar-refractivity contribution in [2.75, 3.05) is 5.32 Å². The maximum Gasteiger partial charge on any atom is 0.328 e. The molecule has 0 bridgehead atoms. The van der Waals surface area contributed by atoms with Crippen LogP contribution in [-0.2, 0) is 9.59 Å². The van der Waals surface area contributed by atoms with E-state index in [1.54, 1.807) is 0 Å². The van der Waals surface area contributed by atoms with Gasteiger partial charge in [0.05, 0.1) is 4.47 Å². The fourth-order valence-corrected chi connectivity index (χ4v) is 1.15. The Bertz CT molecular complexity index is 459. The van der Waals surface area contributed by atoms with Crippen LogP contribution in [0, 0.1) is 5.82 Å². The summed E-state index contributed by atoms with van der Waals surface area (Å²) in [5.74, 6) is -2.37. The molecule has 0 unspecified atom stereocenters. The number of carbonyl (C=O) groups is 2. The van der Waals surface area contributed by atoms with Crippen molar-refractivity contribution < 1.29 is 19.1 Å². The molecule has 0 fully saturated rings. The van der Waals surface area contributed by atoms with Crippen LogP contribution in [0.2, 0.25) is 0 Å². The third-order valence-electron chi connectivity index (χ3n) is 1.56. The minimum atomic E-state index is -1.22. The summed E-state index contributed by atoms with van der Waals surface area (Å²) in [5, 5.41) is 10.6. The zero-order valence-electron chi connectivity index (χ0n) is 7.91. The molecule has 1 rings (SSSR count). The number of hydrogen-bond acceptors (Lipinski definition) is 2. The second kappa shape index (κ2) is 5.41. The van der Waals surface area contributed by atoms with Crippen LogP contribution in [-0.4, -0.2) is 17.0 Å². The van der Waals surface area contributed by atoms with Crippen LogP contribution in [0.3, 0.4) is 0 Å². The van der Waals surface area contributed by atoms with Gasteiger partial charge in [-0.1, -0.05) is 0 Å². The third kappa shape index (κ3) is 3.82. The number of benzene rings is 1.